The van der Waals surface area contributed by atoms with Crippen LogP contribution in [-0.2, 0) is 9.53 Å². The Morgan fingerprint density at radius 3 is 2.35 bits per heavy atom. The third kappa shape index (κ3) is 10.0. The topological polar surface area (TPSA) is 38.7 Å². The van der Waals surface area contributed by atoms with Crippen LogP contribution < -0.4 is 0 Å². The van der Waals surface area contributed by atoms with Crippen LogP contribution in [0.3, 0.4) is 0 Å². The molecule has 0 aliphatic carbocycles. The van der Waals surface area contributed by atoms with Crippen molar-refractivity contribution in [2.75, 3.05) is 0 Å². The standard InChI is InChI=1S/C14H27NO2/c1-7-8-12(10-15-11(2)3)9-13(16)17-14(4,5)6/h10-12H,7-9H2,1-6H3. The van der Waals surface area contributed by atoms with Crippen LogP contribution in [0.15, 0.2) is 4.99 Å². The number of rotatable bonds is 6. The Bertz CT molecular complexity index is 251. The quantitative estimate of drug-likeness (QED) is 0.526. The molecular weight excluding hydrogens is 214 g/mol. The molecule has 0 saturated heterocycles. The highest BCUT2D eigenvalue weighted by molar-refractivity contribution is 5.75. The molecule has 0 saturated carbocycles. The number of carbonyl (C=O) groups excluding carboxylic acids is 1. The summed E-state index contributed by atoms with van der Waals surface area (Å²) in [7, 11) is 0. The van der Waals surface area contributed by atoms with E-state index < -0.39 is 5.60 Å². The fourth-order valence-corrected chi connectivity index (χ4v) is 1.49. The smallest absolute Gasteiger partial charge is 0.306 e. The van der Waals surface area contributed by atoms with Gasteiger partial charge in [-0.25, -0.2) is 0 Å². The molecule has 0 aromatic rings. The minimum Gasteiger partial charge on any atom is -0.460 e. The molecule has 1 unspecified atom stereocenters. The summed E-state index contributed by atoms with van der Waals surface area (Å²) in [6.45, 7) is 11.9. The maximum Gasteiger partial charge on any atom is 0.306 e. The largest absolute Gasteiger partial charge is 0.460 e. The van der Waals surface area contributed by atoms with Crippen LogP contribution in [0.2, 0.25) is 0 Å². The van der Waals surface area contributed by atoms with Gasteiger partial charge in [-0.15, -0.1) is 0 Å². The molecule has 0 aromatic carbocycles. The van der Waals surface area contributed by atoms with Crippen LogP contribution in [-0.4, -0.2) is 23.8 Å². The van der Waals surface area contributed by atoms with Gasteiger partial charge >= 0.3 is 5.97 Å². The van der Waals surface area contributed by atoms with E-state index in [1.54, 1.807) is 0 Å². The van der Waals surface area contributed by atoms with Gasteiger partial charge in [-0.2, -0.15) is 0 Å². The summed E-state index contributed by atoms with van der Waals surface area (Å²) in [4.78, 5) is 16.1. The first kappa shape index (κ1) is 16.1. The van der Waals surface area contributed by atoms with E-state index in [0.717, 1.165) is 12.8 Å². The van der Waals surface area contributed by atoms with E-state index in [0.29, 0.717) is 6.42 Å². The summed E-state index contributed by atoms with van der Waals surface area (Å²) in [6, 6.07) is 0.285. The number of nitrogens with zero attached hydrogens (tertiary/aromatic N) is 1. The first-order chi connectivity index (χ1) is 7.74. The Hall–Kier alpha value is -0.860. The van der Waals surface area contributed by atoms with Crippen LogP contribution in [0.1, 0.15) is 60.8 Å². The molecule has 0 N–H and O–H groups in total. The Morgan fingerprint density at radius 1 is 1.35 bits per heavy atom. The molecule has 0 aromatic heterocycles. The van der Waals surface area contributed by atoms with E-state index in [9.17, 15) is 4.79 Å². The van der Waals surface area contributed by atoms with E-state index in [4.69, 9.17) is 4.74 Å². The molecule has 0 bridgehead atoms. The first-order valence-corrected chi connectivity index (χ1v) is 6.49. The zero-order chi connectivity index (χ0) is 13.5. The van der Waals surface area contributed by atoms with Gasteiger partial charge in [0.15, 0.2) is 0 Å². The zero-order valence-electron chi connectivity index (χ0n) is 12.1. The van der Waals surface area contributed by atoms with E-state index in [2.05, 4.69) is 11.9 Å². The normalized spacial score (nSPS) is 14.3. The number of hydrogen-bond acceptors (Lipinski definition) is 3. The average Bonchev–Trinajstić information content (AvgIpc) is 2.11. The van der Waals surface area contributed by atoms with Gasteiger partial charge in [-0.3, -0.25) is 9.79 Å². The van der Waals surface area contributed by atoms with E-state index >= 15 is 0 Å². The predicted molar refractivity (Wildman–Crippen MR) is 72.5 cm³/mol. The third-order valence-electron chi connectivity index (χ3n) is 2.10. The van der Waals surface area contributed by atoms with Crippen LogP contribution >= 0.6 is 0 Å². The molecule has 0 spiro atoms. The number of carbonyl (C=O) groups is 1. The van der Waals surface area contributed by atoms with Gasteiger partial charge < -0.3 is 4.74 Å². The van der Waals surface area contributed by atoms with Gasteiger partial charge in [0.25, 0.3) is 0 Å². The second kappa shape index (κ2) is 7.46. The molecule has 0 aliphatic heterocycles. The summed E-state index contributed by atoms with van der Waals surface area (Å²) in [5.74, 6) is 0.0726. The second-order valence-corrected chi connectivity index (χ2v) is 5.73. The van der Waals surface area contributed by atoms with Crippen molar-refractivity contribution < 1.29 is 9.53 Å². The van der Waals surface area contributed by atoms with Gasteiger partial charge in [0, 0.05) is 18.2 Å². The Kier molecular flexibility index (Phi) is 7.09. The van der Waals surface area contributed by atoms with Crippen molar-refractivity contribution in [2.45, 2.75) is 72.4 Å². The van der Waals surface area contributed by atoms with Crippen LogP contribution in [0.25, 0.3) is 0 Å². The number of ether oxygens (including phenoxy) is 1. The van der Waals surface area contributed by atoms with Crippen molar-refractivity contribution >= 4 is 12.2 Å². The van der Waals surface area contributed by atoms with Crippen molar-refractivity contribution in [1.29, 1.82) is 0 Å². The lowest BCUT2D eigenvalue weighted by atomic mass is 10.0. The predicted octanol–water partition coefficient (Wildman–Crippen LogP) is 3.61. The van der Waals surface area contributed by atoms with Crippen molar-refractivity contribution in [1.82, 2.24) is 0 Å². The fourth-order valence-electron chi connectivity index (χ4n) is 1.49. The molecule has 17 heavy (non-hydrogen) atoms. The summed E-state index contributed by atoms with van der Waals surface area (Å²) < 4.78 is 5.32. The van der Waals surface area contributed by atoms with Crippen LogP contribution in [0, 0.1) is 5.92 Å². The number of hydrogen-bond donors (Lipinski definition) is 0. The molecule has 0 heterocycles. The molecule has 0 aliphatic rings. The molecule has 100 valence electrons. The average molecular weight is 241 g/mol. The lowest BCUT2D eigenvalue weighted by Crippen LogP contribution is -2.25. The third-order valence-corrected chi connectivity index (χ3v) is 2.10. The van der Waals surface area contributed by atoms with E-state index in [1.807, 2.05) is 40.8 Å². The lowest BCUT2D eigenvalue weighted by Gasteiger charge is -2.21. The van der Waals surface area contributed by atoms with E-state index in [1.165, 1.54) is 0 Å². The van der Waals surface area contributed by atoms with Gasteiger partial charge in [-0.1, -0.05) is 13.3 Å². The Morgan fingerprint density at radius 2 is 1.94 bits per heavy atom. The van der Waals surface area contributed by atoms with Gasteiger partial charge in [-0.05, 0) is 41.0 Å². The van der Waals surface area contributed by atoms with Crippen molar-refractivity contribution in [3.05, 3.63) is 0 Å². The number of aliphatic imine (C=N–C) groups is 1. The number of esters is 1. The molecule has 0 fully saturated rings. The lowest BCUT2D eigenvalue weighted by molar-refractivity contribution is -0.155. The highest BCUT2D eigenvalue weighted by Gasteiger charge is 2.19. The minimum absolute atomic E-state index is 0.133. The minimum atomic E-state index is -0.400. The molecule has 0 amide bonds. The first-order valence-electron chi connectivity index (χ1n) is 6.49. The molecule has 1 atom stereocenters. The maximum atomic E-state index is 11.7. The van der Waals surface area contributed by atoms with Crippen LogP contribution in [0.4, 0.5) is 0 Å². The van der Waals surface area contributed by atoms with Gasteiger partial charge in [0.2, 0.25) is 0 Å². The maximum absolute atomic E-state index is 11.7. The molecule has 3 heteroatoms. The monoisotopic (exact) mass is 241 g/mol. The van der Waals surface area contributed by atoms with Crippen LogP contribution in [0.5, 0.6) is 0 Å². The summed E-state index contributed by atoms with van der Waals surface area (Å²) in [5, 5.41) is 0. The van der Waals surface area contributed by atoms with Crippen molar-refractivity contribution in [3.63, 3.8) is 0 Å². The van der Waals surface area contributed by atoms with Gasteiger partial charge in [0.05, 0.1) is 6.42 Å². The summed E-state index contributed by atoms with van der Waals surface area (Å²) >= 11 is 0. The highest BCUT2D eigenvalue weighted by Crippen LogP contribution is 2.14. The highest BCUT2D eigenvalue weighted by atomic mass is 16.6. The Labute approximate surface area is 106 Å². The fraction of sp³-hybridized carbons (Fsp3) is 0.857. The van der Waals surface area contributed by atoms with Crippen molar-refractivity contribution in [2.24, 2.45) is 10.9 Å². The Balaban J connectivity index is 4.29. The molecule has 0 rings (SSSR count). The zero-order valence-corrected chi connectivity index (χ0v) is 12.1. The second-order valence-electron chi connectivity index (χ2n) is 5.73. The van der Waals surface area contributed by atoms with E-state index in [-0.39, 0.29) is 17.9 Å². The van der Waals surface area contributed by atoms with Gasteiger partial charge in [0.1, 0.15) is 5.60 Å². The molecule has 0 radical (unpaired) electrons. The SMILES string of the molecule is CCCC(C=NC(C)C)CC(=O)OC(C)(C)C. The molecular formula is C14H27NO2. The van der Waals surface area contributed by atoms with Crippen molar-refractivity contribution in [3.8, 4) is 0 Å². The summed E-state index contributed by atoms with van der Waals surface area (Å²) in [5.41, 5.74) is -0.400. The molecule has 3 nitrogen and oxygen atoms in total. The summed E-state index contributed by atoms with van der Waals surface area (Å²) in [6.07, 6.45) is 4.38.